The zero-order chi connectivity index (χ0) is 27.6. The van der Waals surface area contributed by atoms with E-state index in [4.69, 9.17) is 0 Å². The lowest BCUT2D eigenvalue weighted by molar-refractivity contribution is -0.138. The van der Waals surface area contributed by atoms with Crippen molar-refractivity contribution in [3.05, 3.63) is 23.5 Å². The van der Waals surface area contributed by atoms with Crippen LogP contribution in [-0.2, 0) is 21.0 Å². The van der Waals surface area contributed by atoms with Gasteiger partial charge in [0.05, 0.1) is 29.5 Å². The molecule has 206 valence electrons. The number of carbonyl (C=O) groups excluding carboxylic acids is 1. The second-order valence-corrected chi connectivity index (χ2v) is 12.4. The lowest BCUT2D eigenvalue weighted by Crippen LogP contribution is -2.58. The topological polar surface area (TPSA) is 149 Å². The van der Waals surface area contributed by atoms with Crippen molar-refractivity contribution in [3.8, 4) is 16.9 Å². The normalized spacial score (nSPS) is 21.0. The Morgan fingerprint density at radius 3 is 2.51 bits per heavy atom. The summed E-state index contributed by atoms with van der Waals surface area (Å²) < 4.78 is 70.0. The van der Waals surface area contributed by atoms with Crippen molar-refractivity contribution in [1.82, 2.24) is 34.5 Å². The van der Waals surface area contributed by atoms with Crippen LogP contribution in [0.4, 0.5) is 18.9 Å². The zero-order valence-electron chi connectivity index (χ0n) is 20.3. The van der Waals surface area contributed by atoms with Crippen molar-refractivity contribution in [2.24, 2.45) is 0 Å². The molecule has 3 aromatic rings. The average molecular weight is 582 g/mol. The van der Waals surface area contributed by atoms with Gasteiger partial charge in [0.25, 0.3) is 0 Å². The quantitative estimate of drug-likeness (QED) is 0.438. The van der Waals surface area contributed by atoms with Gasteiger partial charge in [-0.1, -0.05) is 11.3 Å². The molecule has 2 saturated heterocycles. The molecule has 17 heteroatoms. The van der Waals surface area contributed by atoms with Crippen LogP contribution in [0.1, 0.15) is 24.3 Å². The minimum Gasteiger partial charge on any atom is -0.366 e. The third-order valence-corrected chi connectivity index (χ3v) is 9.58. The van der Waals surface area contributed by atoms with Crippen molar-refractivity contribution in [3.63, 3.8) is 0 Å². The monoisotopic (exact) mass is 581 g/mol. The van der Waals surface area contributed by atoms with Gasteiger partial charge in [0.2, 0.25) is 20.9 Å². The third-order valence-electron chi connectivity index (χ3n) is 7.11. The summed E-state index contributed by atoms with van der Waals surface area (Å²) in [5.41, 5.74) is -0.240. The number of anilines is 1. The van der Waals surface area contributed by atoms with E-state index in [-0.39, 0.29) is 27.7 Å². The molecule has 0 aromatic carbocycles. The van der Waals surface area contributed by atoms with E-state index in [1.807, 2.05) is 11.0 Å². The molecule has 6 rings (SSSR count). The van der Waals surface area contributed by atoms with Crippen molar-refractivity contribution >= 4 is 38.5 Å². The molecule has 3 aliphatic rings. The highest BCUT2D eigenvalue weighted by molar-refractivity contribution is 7.89. The Balaban J connectivity index is 1.39. The number of piperazine rings is 1. The number of pyridine rings is 1. The number of aromatic nitrogens is 4. The molecule has 0 radical (unpaired) electrons. The van der Waals surface area contributed by atoms with E-state index in [2.05, 4.69) is 25.2 Å². The first-order valence-corrected chi connectivity index (χ1v) is 14.4. The Morgan fingerprint density at radius 1 is 1.23 bits per heavy atom. The number of alkyl halides is 3. The summed E-state index contributed by atoms with van der Waals surface area (Å²) in [7, 11) is -4.18. The van der Waals surface area contributed by atoms with E-state index < -0.39 is 26.7 Å². The molecule has 0 unspecified atom stereocenters. The number of sulfonamides is 1. The van der Waals surface area contributed by atoms with Crippen LogP contribution in [0.15, 0.2) is 23.4 Å². The van der Waals surface area contributed by atoms with Gasteiger partial charge in [-0.3, -0.25) is 9.20 Å². The molecule has 1 saturated carbocycles. The van der Waals surface area contributed by atoms with Crippen molar-refractivity contribution in [1.29, 1.82) is 5.26 Å². The van der Waals surface area contributed by atoms with Crippen molar-refractivity contribution in [2.45, 2.75) is 41.9 Å². The number of carbonyl (C=O) groups is 1. The van der Waals surface area contributed by atoms with Gasteiger partial charge in [-0.25, -0.2) is 13.4 Å². The zero-order valence-corrected chi connectivity index (χ0v) is 21.9. The number of nitrogens with zero attached hydrogens (tertiary/aromatic N) is 7. The first kappa shape index (κ1) is 25.9. The SMILES string of the molecule is N#CC1(NS(=O)(=O)c2cc(N3CCN(C(=O)[C@H]4CCN4)CC3)c3cnc(-c4nnc(C(F)(F)F)s4)n3c2)CC1. The molecule has 3 fully saturated rings. The van der Waals surface area contributed by atoms with E-state index in [1.165, 1.54) is 22.9 Å². The standard InChI is InChI=1S/C22H22F3N9O3S2/c23-22(24,25)20-30-29-18(38-20)17-28-10-16-15(32-5-7-33(8-6-32)19(35)14-1-4-27-14)9-13(11-34(16)17)39(36,37)31-21(12-26)2-3-21/h9-11,14,27,31H,1-8H2/t14-/m1/s1. The van der Waals surface area contributed by atoms with E-state index in [9.17, 15) is 31.6 Å². The Bertz CT molecular complexity index is 1600. The Hall–Kier alpha value is -3.33. The van der Waals surface area contributed by atoms with Crippen LogP contribution in [0, 0.1) is 11.3 Å². The molecule has 1 amide bonds. The van der Waals surface area contributed by atoms with Gasteiger partial charge in [-0.2, -0.15) is 23.2 Å². The third kappa shape index (κ3) is 4.71. The minimum absolute atomic E-state index is 0.00240. The fourth-order valence-corrected chi connectivity index (χ4v) is 6.70. The van der Waals surface area contributed by atoms with Gasteiger partial charge in [0.15, 0.2) is 10.8 Å². The van der Waals surface area contributed by atoms with E-state index >= 15 is 0 Å². The first-order chi connectivity index (χ1) is 18.5. The highest BCUT2D eigenvalue weighted by atomic mass is 32.2. The van der Waals surface area contributed by atoms with Crippen molar-refractivity contribution < 1.29 is 26.4 Å². The summed E-state index contributed by atoms with van der Waals surface area (Å²) in [6, 6.07) is 3.27. The summed E-state index contributed by atoms with van der Waals surface area (Å²) in [4.78, 5) is 20.4. The summed E-state index contributed by atoms with van der Waals surface area (Å²) in [6.07, 6.45) is -0.439. The van der Waals surface area contributed by atoms with Crippen LogP contribution < -0.4 is 14.9 Å². The van der Waals surface area contributed by atoms with Gasteiger partial charge in [-0.05, 0) is 31.9 Å². The molecule has 1 atom stereocenters. The van der Waals surface area contributed by atoms with Gasteiger partial charge in [0.1, 0.15) is 10.4 Å². The maximum atomic E-state index is 13.3. The van der Waals surface area contributed by atoms with Crippen LogP contribution in [0.25, 0.3) is 16.3 Å². The van der Waals surface area contributed by atoms with E-state index in [0.717, 1.165) is 13.0 Å². The first-order valence-electron chi connectivity index (χ1n) is 12.1. The Morgan fingerprint density at radius 2 is 1.95 bits per heavy atom. The molecule has 3 aromatic heterocycles. The second kappa shape index (κ2) is 9.11. The smallest absolute Gasteiger partial charge is 0.366 e. The maximum absolute atomic E-state index is 13.3. The molecule has 39 heavy (non-hydrogen) atoms. The molecule has 2 N–H and O–H groups in total. The van der Waals surface area contributed by atoms with Crippen molar-refractivity contribution in [2.75, 3.05) is 37.6 Å². The molecule has 0 bridgehead atoms. The number of hydrogen-bond acceptors (Lipinski definition) is 10. The second-order valence-electron chi connectivity index (χ2n) is 9.72. The molecule has 1 aliphatic carbocycles. The van der Waals surface area contributed by atoms with Crippen LogP contribution in [0.5, 0.6) is 0 Å². The van der Waals surface area contributed by atoms with Gasteiger partial charge in [-0.15, -0.1) is 10.2 Å². The number of amides is 1. The summed E-state index contributed by atoms with van der Waals surface area (Å²) in [6.45, 7) is 2.46. The number of nitrogens with one attached hydrogen (secondary N) is 2. The number of fused-ring (bicyclic) bond motifs is 1. The van der Waals surface area contributed by atoms with Gasteiger partial charge < -0.3 is 15.1 Å². The lowest BCUT2D eigenvalue weighted by atomic mass is 10.1. The van der Waals surface area contributed by atoms with Gasteiger partial charge >= 0.3 is 6.18 Å². The van der Waals surface area contributed by atoms with Crippen LogP contribution in [0.2, 0.25) is 0 Å². The maximum Gasteiger partial charge on any atom is 0.445 e. The molecular weight excluding hydrogens is 559 g/mol. The fraction of sp³-hybridized carbons (Fsp3) is 0.500. The fourth-order valence-electron chi connectivity index (χ4n) is 4.61. The lowest BCUT2D eigenvalue weighted by Gasteiger charge is -2.39. The largest absolute Gasteiger partial charge is 0.445 e. The predicted octanol–water partition coefficient (Wildman–Crippen LogP) is 1.22. The molecule has 2 aliphatic heterocycles. The highest BCUT2D eigenvalue weighted by Gasteiger charge is 2.47. The van der Waals surface area contributed by atoms with Crippen LogP contribution >= 0.6 is 11.3 Å². The Kier molecular flexibility index (Phi) is 6.06. The highest BCUT2D eigenvalue weighted by Crippen LogP contribution is 2.38. The number of rotatable bonds is 6. The number of imidazole rings is 1. The molecule has 0 spiro atoms. The molecule has 12 nitrogen and oxygen atoms in total. The Labute approximate surface area is 224 Å². The summed E-state index contributed by atoms with van der Waals surface area (Å²) in [5.74, 6) is 0.0313. The number of halogens is 3. The predicted molar refractivity (Wildman–Crippen MR) is 132 cm³/mol. The van der Waals surface area contributed by atoms with Gasteiger partial charge in [0, 0.05) is 32.4 Å². The number of hydrogen-bond donors (Lipinski definition) is 2. The van der Waals surface area contributed by atoms with E-state index in [1.54, 1.807) is 4.90 Å². The van der Waals surface area contributed by atoms with Crippen LogP contribution in [0.3, 0.4) is 0 Å². The van der Waals surface area contributed by atoms with E-state index in [0.29, 0.717) is 61.6 Å². The van der Waals surface area contributed by atoms with Crippen LogP contribution in [-0.4, -0.2) is 83.1 Å². The average Bonchev–Trinajstić information content (AvgIpc) is 3.25. The summed E-state index contributed by atoms with van der Waals surface area (Å²) >= 11 is 0.302. The molecule has 5 heterocycles. The number of nitriles is 1. The molecular formula is C22H22F3N9O3S2. The minimum atomic E-state index is -4.69. The summed E-state index contributed by atoms with van der Waals surface area (Å²) in [5, 5.41) is 18.1.